The number of amides is 1. The number of benzene rings is 2. The van der Waals surface area contributed by atoms with Crippen LogP contribution in [0.4, 0.5) is 20.6 Å². The Morgan fingerprint density at radius 1 is 1.17 bits per heavy atom. The summed E-state index contributed by atoms with van der Waals surface area (Å²) in [5, 5.41) is 2.55. The summed E-state index contributed by atoms with van der Waals surface area (Å²) < 4.78 is 19.4. The van der Waals surface area contributed by atoms with Gasteiger partial charge in [-0.3, -0.25) is 5.32 Å². The maximum atomic E-state index is 14.3. The van der Waals surface area contributed by atoms with Crippen molar-refractivity contribution in [3.63, 3.8) is 0 Å². The van der Waals surface area contributed by atoms with Crippen molar-refractivity contribution in [2.45, 2.75) is 13.0 Å². The van der Waals surface area contributed by atoms with Crippen LogP contribution in [0.1, 0.15) is 12.0 Å². The lowest BCUT2D eigenvalue weighted by Gasteiger charge is -2.26. The highest BCUT2D eigenvalue weighted by molar-refractivity contribution is 5.85. The highest BCUT2D eigenvalue weighted by Crippen LogP contribution is 2.24. The Bertz CT molecular complexity index is 731. The number of nitrogens with one attached hydrogen (secondary N) is 1. The molecular formula is C19H19FN2O2. The first-order chi connectivity index (χ1) is 11.7. The molecule has 5 heteroatoms. The van der Waals surface area contributed by atoms with E-state index in [2.05, 4.69) is 11.4 Å². The van der Waals surface area contributed by atoms with Crippen molar-refractivity contribution >= 4 is 17.5 Å². The number of carbonyl (C=O) groups excluding carboxylic acids is 1. The molecule has 0 saturated carbocycles. The van der Waals surface area contributed by atoms with Crippen molar-refractivity contribution in [2.24, 2.45) is 0 Å². The van der Waals surface area contributed by atoms with E-state index in [4.69, 9.17) is 4.74 Å². The summed E-state index contributed by atoms with van der Waals surface area (Å²) in [6.45, 7) is 1.66. The van der Waals surface area contributed by atoms with Gasteiger partial charge in [0.15, 0.2) is 0 Å². The molecule has 0 saturated heterocycles. The molecule has 1 heterocycles. The number of ether oxygens (including phenoxy) is 1. The third-order valence-corrected chi connectivity index (χ3v) is 3.81. The van der Waals surface area contributed by atoms with Crippen molar-refractivity contribution in [3.8, 4) is 0 Å². The zero-order valence-corrected chi connectivity index (χ0v) is 13.2. The van der Waals surface area contributed by atoms with Gasteiger partial charge < -0.3 is 9.64 Å². The van der Waals surface area contributed by atoms with Gasteiger partial charge in [-0.2, -0.15) is 0 Å². The van der Waals surface area contributed by atoms with Crippen LogP contribution in [-0.4, -0.2) is 19.2 Å². The molecule has 1 N–H and O–H groups in total. The first-order valence-corrected chi connectivity index (χ1v) is 7.89. The Labute approximate surface area is 140 Å². The SMILES string of the molecule is O=C(Nc1ccc(N2CC=CCC2)c(F)c1)OCc1ccccc1. The lowest BCUT2D eigenvalue weighted by Crippen LogP contribution is -2.27. The second kappa shape index (κ2) is 7.64. The number of nitrogens with zero attached hydrogens (tertiary/aromatic N) is 1. The van der Waals surface area contributed by atoms with Gasteiger partial charge >= 0.3 is 6.09 Å². The normalized spacial score (nSPS) is 13.6. The van der Waals surface area contributed by atoms with E-state index in [0.29, 0.717) is 17.9 Å². The zero-order valence-electron chi connectivity index (χ0n) is 13.2. The fourth-order valence-electron chi connectivity index (χ4n) is 2.58. The highest BCUT2D eigenvalue weighted by atomic mass is 19.1. The molecular weight excluding hydrogens is 307 g/mol. The molecule has 2 aromatic rings. The smallest absolute Gasteiger partial charge is 0.411 e. The number of carbonyl (C=O) groups is 1. The summed E-state index contributed by atoms with van der Waals surface area (Å²) in [6, 6.07) is 14.1. The van der Waals surface area contributed by atoms with Crippen molar-refractivity contribution < 1.29 is 13.9 Å². The molecule has 24 heavy (non-hydrogen) atoms. The second-order valence-electron chi connectivity index (χ2n) is 5.56. The van der Waals surface area contributed by atoms with E-state index in [1.807, 2.05) is 41.3 Å². The molecule has 1 aliphatic rings. The first-order valence-electron chi connectivity index (χ1n) is 7.89. The van der Waals surface area contributed by atoms with Crippen LogP contribution in [0, 0.1) is 5.82 Å². The number of anilines is 2. The largest absolute Gasteiger partial charge is 0.444 e. The third kappa shape index (κ3) is 4.13. The fraction of sp³-hybridized carbons (Fsp3) is 0.211. The number of hydrogen-bond acceptors (Lipinski definition) is 3. The van der Waals surface area contributed by atoms with Crippen molar-refractivity contribution in [3.05, 3.63) is 72.1 Å². The quantitative estimate of drug-likeness (QED) is 0.850. The molecule has 124 valence electrons. The summed E-state index contributed by atoms with van der Waals surface area (Å²) in [5.74, 6) is -0.355. The summed E-state index contributed by atoms with van der Waals surface area (Å²) in [5.41, 5.74) is 1.82. The van der Waals surface area contributed by atoms with Crippen LogP contribution in [0.2, 0.25) is 0 Å². The van der Waals surface area contributed by atoms with E-state index < -0.39 is 6.09 Å². The Morgan fingerprint density at radius 2 is 2.00 bits per heavy atom. The van der Waals surface area contributed by atoms with E-state index >= 15 is 0 Å². The van der Waals surface area contributed by atoms with Crippen molar-refractivity contribution in [1.29, 1.82) is 0 Å². The lowest BCUT2D eigenvalue weighted by atomic mass is 10.2. The second-order valence-corrected chi connectivity index (χ2v) is 5.56. The third-order valence-electron chi connectivity index (χ3n) is 3.81. The molecule has 0 aromatic heterocycles. The van der Waals surface area contributed by atoms with Gasteiger partial charge in [0, 0.05) is 18.8 Å². The Balaban J connectivity index is 1.58. The highest BCUT2D eigenvalue weighted by Gasteiger charge is 2.13. The molecule has 4 nitrogen and oxygen atoms in total. The summed E-state index contributed by atoms with van der Waals surface area (Å²) in [6.07, 6.45) is 4.42. The summed E-state index contributed by atoms with van der Waals surface area (Å²) in [7, 11) is 0. The molecule has 0 fully saturated rings. The van der Waals surface area contributed by atoms with E-state index in [1.54, 1.807) is 12.1 Å². The van der Waals surface area contributed by atoms with Gasteiger partial charge in [0.25, 0.3) is 0 Å². The topological polar surface area (TPSA) is 41.6 Å². The monoisotopic (exact) mass is 326 g/mol. The van der Waals surface area contributed by atoms with Gasteiger partial charge in [0.05, 0.1) is 5.69 Å². The average molecular weight is 326 g/mol. The minimum Gasteiger partial charge on any atom is -0.444 e. The summed E-state index contributed by atoms with van der Waals surface area (Å²) in [4.78, 5) is 13.8. The fourth-order valence-corrected chi connectivity index (χ4v) is 2.58. The van der Waals surface area contributed by atoms with E-state index in [0.717, 1.165) is 18.5 Å². The van der Waals surface area contributed by atoms with Gasteiger partial charge in [-0.05, 0) is 30.2 Å². The molecule has 0 aliphatic carbocycles. The Hall–Kier alpha value is -2.82. The van der Waals surface area contributed by atoms with E-state index in [-0.39, 0.29) is 12.4 Å². The van der Waals surface area contributed by atoms with Gasteiger partial charge in [-0.1, -0.05) is 42.5 Å². The number of hydrogen-bond donors (Lipinski definition) is 1. The molecule has 3 rings (SSSR count). The average Bonchev–Trinajstić information content (AvgIpc) is 2.62. The van der Waals surface area contributed by atoms with Gasteiger partial charge in [0.1, 0.15) is 12.4 Å². The lowest BCUT2D eigenvalue weighted by molar-refractivity contribution is 0.155. The van der Waals surface area contributed by atoms with Crippen LogP contribution in [0.15, 0.2) is 60.7 Å². The Morgan fingerprint density at radius 3 is 2.71 bits per heavy atom. The van der Waals surface area contributed by atoms with Gasteiger partial charge in [-0.15, -0.1) is 0 Å². The molecule has 0 bridgehead atoms. The molecule has 0 spiro atoms. The zero-order chi connectivity index (χ0) is 16.8. The van der Waals surface area contributed by atoms with E-state index in [9.17, 15) is 9.18 Å². The van der Waals surface area contributed by atoms with E-state index in [1.165, 1.54) is 6.07 Å². The molecule has 1 amide bonds. The maximum absolute atomic E-state index is 14.3. The van der Waals surface area contributed by atoms with Crippen LogP contribution < -0.4 is 10.2 Å². The van der Waals surface area contributed by atoms with Crippen molar-refractivity contribution in [1.82, 2.24) is 0 Å². The predicted octanol–water partition coefficient (Wildman–Crippen LogP) is 4.34. The standard InChI is InChI=1S/C19H19FN2O2/c20-17-13-16(9-10-18(17)22-11-5-2-6-12-22)21-19(23)24-14-15-7-3-1-4-8-15/h1-5,7-10,13H,6,11-12,14H2,(H,21,23). The Kier molecular flexibility index (Phi) is 5.11. The molecule has 0 unspecified atom stereocenters. The maximum Gasteiger partial charge on any atom is 0.411 e. The van der Waals surface area contributed by atoms with Crippen LogP contribution in [0.3, 0.4) is 0 Å². The van der Waals surface area contributed by atoms with Crippen LogP contribution >= 0.6 is 0 Å². The number of halogens is 1. The van der Waals surface area contributed by atoms with Crippen molar-refractivity contribution in [2.75, 3.05) is 23.3 Å². The molecule has 1 aliphatic heterocycles. The van der Waals surface area contributed by atoms with Gasteiger partial charge in [-0.25, -0.2) is 9.18 Å². The minimum atomic E-state index is -0.605. The molecule has 0 radical (unpaired) electrons. The molecule has 2 aromatic carbocycles. The van der Waals surface area contributed by atoms with Gasteiger partial charge in [0.2, 0.25) is 0 Å². The number of rotatable bonds is 4. The van der Waals surface area contributed by atoms with Crippen LogP contribution in [0.5, 0.6) is 0 Å². The minimum absolute atomic E-state index is 0.174. The predicted molar refractivity (Wildman–Crippen MR) is 92.6 cm³/mol. The van der Waals surface area contributed by atoms with Crippen LogP contribution in [0.25, 0.3) is 0 Å². The first kappa shape index (κ1) is 16.1. The van der Waals surface area contributed by atoms with Crippen LogP contribution in [-0.2, 0) is 11.3 Å². The summed E-state index contributed by atoms with van der Waals surface area (Å²) >= 11 is 0. The molecule has 0 atom stereocenters.